The predicted octanol–water partition coefficient (Wildman–Crippen LogP) is 35.5. The second-order valence-electron chi connectivity index (χ2n) is 18.0. The van der Waals surface area contributed by atoms with Crippen molar-refractivity contribution in [3.63, 3.8) is 0 Å². The molecule has 1 aromatic heterocycles. The number of hydrogen-bond donors (Lipinski definition) is 0. The van der Waals surface area contributed by atoms with Crippen LogP contribution in [-0.2, 0) is 19.3 Å². The van der Waals surface area contributed by atoms with E-state index in [9.17, 15) is 0 Å². The van der Waals surface area contributed by atoms with E-state index in [1.54, 1.807) is 0 Å². The van der Waals surface area contributed by atoms with Gasteiger partial charge in [0.15, 0.2) is 0 Å². The van der Waals surface area contributed by atoms with E-state index in [1.165, 1.54) is 55.6 Å². The highest BCUT2D eigenvalue weighted by Crippen LogP contribution is 2.37. The summed E-state index contributed by atoms with van der Waals surface area (Å²) in [5.74, 6) is 0. The maximum atomic E-state index is 3.72. The third kappa shape index (κ3) is 46.3. The molecule has 0 spiro atoms. The summed E-state index contributed by atoms with van der Waals surface area (Å²) < 4.78 is 2.35. The summed E-state index contributed by atoms with van der Waals surface area (Å²) in [5, 5.41) is 2.61. The van der Waals surface area contributed by atoms with E-state index >= 15 is 0 Å². The Morgan fingerprint density at radius 3 is 0.771 bits per heavy atom. The van der Waals surface area contributed by atoms with Crippen molar-refractivity contribution in [1.82, 2.24) is 4.57 Å². The molecule has 0 unspecified atom stereocenters. The first-order valence-corrected chi connectivity index (χ1v) is 41.0. The van der Waals surface area contributed by atoms with Crippen LogP contribution in [0.3, 0.4) is 0 Å². The zero-order chi connectivity index (χ0) is 81.7. The van der Waals surface area contributed by atoms with Crippen molar-refractivity contribution in [3.05, 3.63) is 334 Å². The third-order valence-electron chi connectivity index (χ3n) is 12.8. The van der Waals surface area contributed by atoms with Gasteiger partial charge in [-0.2, -0.15) is 0 Å². The van der Waals surface area contributed by atoms with Crippen molar-refractivity contribution in [2.45, 2.75) is 246 Å². The highest BCUT2D eigenvalue weighted by atomic mass is 15.1. The quantitative estimate of drug-likeness (QED) is 0.0748. The van der Waals surface area contributed by atoms with Gasteiger partial charge in [0.2, 0.25) is 0 Å². The zero-order valence-corrected chi connectivity index (χ0v) is 73.0. The Balaban J connectivity index is -0.000000189. The topological polar surface area (TPSA) is 11.4 Å². The minimum Gasteiger partial charge on any atom is -0.311 e. The first-order valence-electron chi connectivity index (χ1n) is 41.0. The lowest BCUT2D eigenvalue weighted by Crippen LogP contribution is -2.09. The van der Waals surface area contributed by atoms with Gasteiger partial charge in [-0.1, -0.05) is 428 Å². The molecule has 0 atom stereocenters. The summed E-state index contributed by atoms with van der Waals surface area (Å²) in [6.45, 7) is 71.1. The van der Waals surface area contributed by atoms with Crippen LogP contribution < -0.4 is 9.80 Å². The van der Waals surface area contributed by atoms with Crippen LogP contribution in [0.4, 0.5) is 34.1 Å². The molecule has 10 rings (SSSR count). The van der Waals surface area contributed by atoms with Gasteiger partial charge in [-0.25, -0.2) is 0 Å². The molecule has 10 aromatic rings. The molecule has 0 N–H and O–H groups in total. The lowest BCUT2D eigenvalue weighted by molar-refractivity contribution is 0.998. The third-order valence-corrected chi connectivity index (χ3v) is 12.8. The smallest absolute Gasteiger partial charge is 0.0541 e. The summed E-state index contributed by atoms with van der Waals surface area (Å²) >= 11 is 0. The predicted molar refractivity (Wildman–Crippen MR) is 496 cm³/mol. The molecular weight excluding hydrogens is 1270 g/mol. The van der Waals surface area contributed by atoms with Gasteiger partial charge in [0.1, 0.15) is 0 Å². The lowest BCUT2D eigenvalue weighted by Gasteiger charge is -2.25. The van der Waals surface area contributed by atoms with Gasteiger partial charge in [0.05, 0.1) is 11.0 Å². The van der Waals surface area contributed by atoms with Gasteiger partial charge in [0.25, 0.3) is 0 Å². The van der Waals surface area contributed by atoms with Gasteiger partial charge in [-0.3, -0.25) is 0 Å². The van der Waals surface area contributed by atoms with Gasteiger partial charge in [-0.15, -0.1) is 0 Å². The molecule has 0 aliphatic carbocycles. The van der Waals surface area contributed by atoms with Crippen molar-refractivity contribution >= 4 is 55.9 Å². The molecule has 3 nitrogen and oxygen atoms in total. The Labute approximate surface area is 652 Å². The van der Waals surface area contributed by atoms with Gasteiger partial charge in [-0.05, 0) is 152 Å². The standard InChI is InChI=1S/C24H21N.2C24H23N.15C2H6/c1-2-3-4-5-10-19-15-17-20(18-16-19)25-23-13-8-6-11-21(23)22-12-7-9-14-24(22)25;1-2-3-4-7-13-21-14-12-19-24(20-21)25(22-15-8-5-9-16-22)23-17-10-6-11-18-23;1-2-3-4-7-12-21-17-19-24(20-18-21)25(22-13-8-5-9-14-22)23-15-10-6-11-16-23;15*1-2/h2-4,6-9,11-18H,1,5,10H2;2-6,8-12,14-20H,1,7,13H2;2-6,8-11,13-20H,1,7,12H2;15*1-2H3/b3*4-3+;;;;;;;;;;;;;;;. The van der Waals surface area contributed by atoms with Crippen molar-refractivity contribution in [2.75, 3.05) is 9.80 Å². The molecule has 9 aromatic carbocycles. The molecule has 0 fully saturated rings. The van der Waals surface area contributed by atoms with Crippen LogP contribution in [0.2, 0.25) is 0 Å². The van der Waals surface area contributed by atoms with E-state index in [-0.39, 0.29) is 0 Å². The Hall–Kier alpha value is -9.18. The number of allylic oxidation sites excluding steroid dienone is 9. The number of nitrogens with zero attached hydrogens (tertiary/aromatic N) is 3. The molecule has 0 aliphatic rings. The highest BCUT2D eigenvalue weighted by Gasteiger charge is 2.14. The van der Waals surface area contributed by atoms with Crippen LogP contribution in [0.5, 0.6) is 0 Å². The van der Waals surface area contributed by atoms with Crippen molar-refractivity contribution in [3.8, 4) is 5.69 Å². The summed E-state index contributed by atoms with van der Waals surface area (Å²) in [5.41, 5.74) is 14.8. The normalized spacial score (nSPS) is 8.70. The van der Waals surface area contributed by atoms with Crippen molar-refractivity contribution in [1.29, 1.82) is 0 Å². The van der Waals surface area contributed by atoms with Crippen LogP contribution >= 0.6 is 0 Å². The van der Waals surface area contributed by atoms with Crippen LogP contribution in [0.15, 0.2) is 317 Å². The molecular formula is C102H157N3. The zero-order valence-electron chi connectivity index (χ0n) is 73.0. The number of fused-ring (bicyclic) bond motifs is 3. The molecule has 3 heteroatoms. The molecule has 580 valence electrons. The van der Waals surface area contributed by atoms with Gasteiger partial charge < -0.3 is 14.4 Å². The number of anilines is 6. The molecule has 1 heterocycles. The second-order valence-corrected chi connectivity index (χ2v) is 18.0. The summed E-state index contributed by atoms with van der Waals surface area (Å²) in [6, 6.07) is 85.7. The van der Waals surface area contributed by atoms with E-state index in [0.717, 1.165) is 61.3 Å². The van der Waals surface area contributed by atoms with Crippen molar-refractivity contribution < 1.29 is 0 Å². The minimum absolute atomic E-state index is 1.02. The van der Waals surface area contributed by atoms with Crippen molar-refractivity contribution in [2.24, 2.45) is 0 Å². The minimum atomic E-state index is 1.02. The largest absolute Gasteiger partial charge is 0.311 e. The summed E-state index contributed by atoms with van der Waals surface area (Å²) in [7, 11) is 0. The van der Waals surface area contributed by atoms with Gasteiger partial charge in [0, 0.05) is 50.6 Å². The number of hydrogen-bond acceptors (Lipinski definition) is 2. The number of para-hydroxylation sites is 6. The number of benzene rings is 9. The molecule has 0 radical (unpaired) electrons. The highest BCUT2D eigenvalue weighted by molar-refractivity contribution is 6.09. The fourth-order valence-corrected chi connectivity index (χ4v) is 9.21. The van der Waals surface area contributed by atoms with E-state index < -0.39 is 0 Å². The van der Waals surface area contributed by atoms with E-state index in [4.69, 9.17) is 0 Å². The van der Waals surface area contributed by atoms with E-state index in [1.807, 2.05) is 256 Å². The Bertz CT molecular complexity index is 3270. The molecule has 0 amide bonds. The van der Waals surface area contributed by atoms with Gasteiger partial charge >= 0.3 is 0 Å². The lowest BCUT2D eigenvalue weighted by atomic mass is 10.1. The Morgan fingerprint density at radius 2 is 0.476 bits per heavy atom. The molecule has 0 aliphatic heterocycles. The van der Waals surface area contributed by atoms with Crippen LogP contribution in [0.25, 0.3) is 27.5 Å². The maximum absolute atomic E-state index is 3.72. The Morgan fingerprint density at radius 1 is 0.238 bits per heavy atom. The van der Waals surface area contributed by atoms with Crippen LogP contribution in [0.1, 0.15) is 244 Å². The van der Waals surface area contributed by atoms with Crippen LogP contribution in [-0.4, -0.2) is 4.57 Å². The first kappa shape index (κ1) is 112. The second kappa shape index (κ2) is 89.0. The number of rotatable bonds is 19. The summed E-state index contributed by atoms with van der Waals surface area (Å²) in [6.07, 6.45) is 24.2. The first-order chi connectivity index (χ1) is 52.1. The number of aryl methyl sites for hydroxylation is 3. The van der Waals surface area contributed by atoms with E-state index in [0.29, 0.717) is 0 Å². The number of aromatic nitrogens is 1. The summed E-state index contributed by atoms with van der Waals surface area (Å²) in [4.78, 5) is 4.57. The molecule has 0 saturated carbocycles. The molecule has 0 bridgehead atoms. The average Bonchev–Trinajstić information content (AvgIpc) is 1.61. The fraction of sp³-hybridized carbons (Fsp3) is 0.353. The maximum Gasteiger partial charge on any atom is 0.0541 e. The fourth-order valence-electron chi connectivity index (χ4n) is 9.21. The van der Waals surface area contributed by atoms with Crippen LogP contribution in [0, 0.1) is 0 Å². The Kier molecular flexibility index (Phi) is 94.7. The SMILES string of the molecule is C=C/C=C/CCc1ccc(-n2c3ccccc3c3ccccc32)cc1.C=C/C=C/CCc1ccc(N(c2ccccc2)c2ccccc2)cc1.C=C/C=C/CCc1cccc(N(c2ccccc2)c2ccccc2)c1.CC.CC.CC.CC.CC.CC.CC.CC.CC.CC.CC.CC.CC.CC.CC. The monoisotopic (exact) mass is 1420 g/mol. The van der Waals surface area contributed by atoms with E-state index in [2.05, 4.69) is 283 Å². The average molecular weight is 1430 g/mol. The molecule has 105 heavy (non-hydrogen) atoms. The molecule has 0 saturated heterocycles.